The quantitative estimate of drug-likeness (QED) is 0.872. The van der Waals surface area contributed by atoms with Crippen LogP contribution in [0.3, 0.4) is 0 Å². The maximum atomic E-state index is 11.1. The molecule has 0 aliphatic carbocycles. The lowest BCUT2D eigenvalue weighted by Crippen LogP contribution is -2.37. The summed E-state index contributed by atoms with van der Waals surface area (Å²) in [7, 11) is -2.92. The number of rotatable bonds is 5. The van der Waals surface area contributed by atoms with Gasteiger partial charge in [0, 0.05) is 38.1 Å². The molecule has 0 amide bonds. The fourth-order valence-electron chi connectivity index (χ4n) is 2.61. The van der Waals surface area contributed by atoms with Crippen LogP contribution in [0.1, 0.15) is 29.4 Å². The van der Waals surface area contributed by atoms with E-state index in [9.17, 15) is 13.2 Å². The summed E-state index contributed by atoms with van der Waals surface area (Å²) in [6.45, 7) is 2.16. The maximum Gasteiger partial charge on any atom is 0.352 e. The molecule has 6 nitrogen and oxygen atoms in total. The van der Waals surface area contributed by atoms with Gasteiger partial charge in [-0.05, 0) is 25.0 Å². The van der Waals surface area contributed by atoms with Crippen LogP contribution in [0.15, 0.2) is 18.3 Å². The molecule has 0 saturated carbocycles. The van der Waals surface area contributed by atoms with Gasteiger partial charge >= 0.3 is 5.97 Å². The summed E-state index contributed by atoms with van der Waals surface area (Å²) in [5.74, 6) is -0.726. The van der Waals surface area contributed by atoms with Crippen LogP contribution in [0.2, 0.25) is 0 Å². The minimum Gasteiger partial charge on any atom is -0.477 e. The largest absolute Gasteiger partial charge is 0.477 e. The summed E-state index contributed by atoms with van der Waals surface area (Å²) in [4.78, 5) is 13.2. The Hall–Kier alpha value is -1.34. The van der Waals surface area contributed by atoms with Gasteiger partial charge < -0.3 is 14.6 Å². The molecule has 1 fully saturated rings. The van der Waals surface area contributed by atoms with E-state index < -0.39 is 15.8 Å². The van der Waals surface area contributed by atoms with Crippen LogP contribution in [0.25, 0.3) is 0 Å². The van der Waals surface area contributed by atoms with E-state index >= 15 is 0 Å². The number of sulfone groups is 1. The smallest absolute Gasteiger partial charge is 0.352 e. The third-order valence-corrected chi connectivity index (χ3v) is 4.65. The predicted molar refractivity (Wildman–Crippen MR) is 75.8 cm³/mol. The van der Waals surface area contributed by atoms with Crippen LogP contribution in [-0.4, -0.2) is 60.6 Å². The van der Waals surface area contributed by atoms with Gasteiger partial charge in [-0.15, -0.1) is 0 Å². The number of carbonyl (C=O) groups is 1. The number of aromatic nitrogens is 1. The second-order valence-corrected chi connectivity index (χ2v) is 7.57. The van der Waals surface area contributed by atoms with Gasteiger partial charge in [0.1, 0.15) is 15.5 Å². The number of carboxylic acid groups (broad SMARTS) is 1. The summed E-state index contributed by atoms with van der Waals surface area (Å²) >= 11 is 0. The third kappa shape index (κ3) is 3.83. The lowest BCUT2D eigenvalue weighted by Gasteiger charge is -2.33. The number of aromatic carboxylic acids is 1. The molecule has 20 heavy (non-hydrogen) atoms. The Balaban J connectivity index is 1.91. The molecule has 2 heterocycles. The highest BCUT2D eigenvalue weighted by Gasteiger charge is 2.23. The van der Waals surface area contributed by atoms with Crippen molar-refractivity contribution in [2.45, 2.75) is 18.9 Å². The molecule has 0 atom stereocenters. The van der Waals surface area contributed by atoms with Crippen LogP contribution < -0.4 is 0 Å². The highest BCUT2D eigenvalue weighted by molar-refractivity contribution is 7.90. The van der Waals surface area contributed by atoms with E-state index in [0.29, 0.717) is 12.2 Å². The van der Waals surface area contributed by atoms with Gasteiger partial charge in [-0.1, -0.05) is 0 Å². The zero-order valence-corrected chi connectivity index (χ0v) is 12.3. The number of piperidine rings is 1. The van der Waals surface area contributed by atoms with Gasteiger partial charge in [0.2, 0.25) is 0 Å². The van der Waals surface area contributed by atoms with E-state index in [-0.39, 0.29) is 11.8 Å². The Labute approximate surface area is 118 Å². The minimum absolute atomic E-state index is 0.182. The fraction of sp³-hybridized carbons (Fsp3) is 0.615. The first kappa shape index (κ1) is 15.1. The Morgan fingerprint density at radius 1 is 1.40 bits per heavy atom. The topological polar surface area (TPSA) is 79.6 Å². The third-order valence-electron chi connectivity index (χ3n) is 3.73. The van der Waals surface area contributed by atoms with Crippen LogP contribution in [0.5, 0.6) is 0 Å². The molecule has 0 aromatic carbocycles. The fourth-order valence-corrected chi connectivity index (χ4v) is 3.20. The molecular formula is C13H20N2O4S. The Kier molecular flexibility index (Phi) is 4.49. The first-order chi connectivity index (χ1) is 9.37. The average Bonchev–Trinajstić information content (AvgIpc) is 2.85. The zero-order valence-electron chi connectivity index (χ0n) is 11.5. The van der Waals surface area contributed by atoms with Crippen LogP contribution in [0.4, 0.5) is 0 Å². The van der Waals surface area contributed by atoms with Gasteiger partial charge in [-0.25, -0.2) is 13.2 Å². The van der Waals surface area contributed by atoms with E-state index in [1.165, 1.54) is 6.26 Å². The average molecular weight is 300 g/mol. The van der Waals surface area contributed by atoms with Crippen molar-refractivity contribution in [3.05, 3.63) is 24.0 Å². The Morgan fingerprint density at radius 3 is 2.60 bits per heavy atom. The Morgan fingerprint density at radius 2 is 2.05 bits per heavy atom. The molecule has 1 aromatic heterocycles. The monoisotopic (exact) mass is 300 g/mol. The van der Waals surface area contributed by atoms with Crippen molar-refractivity contribution >= 4 is 15.8 Å². The van der Waals surface area contributed by atoms with Gasteiger partial charge in [-0.2, -0.15) is 0 Å². The van der Waals surface area contributed by atoms with Gasteiger partial charge in [0.25, 0.3) is 0 Å². The molecule has 0 unspecified atom stereocenters. The van der Waals surface area contributed by atoms with E-state index in [1.54, 1.807) is 18.3 Å². The number of carboxylic acids is 1. The molecule has 0 spiro atoms. The summed E-state index contributed by atoms with van der Waals surface area (Å²) in [6.07, 6.45) is 4.75. The number of hydrogen-bond acceptors (Lipinski definition) is 4. The van der Waals surface area contributed by atoms with Crippen LogP contribution >= 0.6 is 0 Å². The summed E-state index contributed by atoms with van der Waals surface area (Å²) in [5.41, 5.74) is 0.319. The number of hydrogen-bond donors (Lipinski definition) is 1. The van der Waals surface area contributed by atoms with Crippen molar-refractivity contribution in [3.63, 3.8) is 0 Å². The summed E-state index contributed by atoms with van der Waals surface area (Å²) in [5, 5.41) is 9.11. The molecule has 1 N–H and O–H groups in total. The highest BCUT2D eigenvalue weighted by Crippen LogP contribution is 2.24. The van der Waals surface area contributed by atoms with E-state index in [2.05, 4.69) is 4.90 Å². The molecule has 0 bridgehead atoms. The van der Waals surface area contributed by atoms with E-state index in [4.69, 9.17) is 5.11 Å². The molecular weight excluding hydrogens is 280 g/mol. The second-order valence-electron chi connectivity index (χ2n) is 5.31. The first-order valence-corrected chi connectivity index (χ1v) is 8.73. The summed E-state index contributed by atoms with van der Waals surface area (Å²) < 4.78 is 24.1. The van der Waals surface area contributed by atoms with Crippen molar-refractivity contribution in [2.75, 3.05) is 31.6 Å². The SMILES string of the molecule is CS(=O)(=O)CCN1CCC(n2cccc2C(=O)O)CC1. The highest BCUT2D eigenvalue weighted by atomic mass is 32.2. The molecule has 112 valence electrons. The minimum atomic E-state index is -2.92. The second kappa shape index (κ2) is 5.97. The molecule has 1 aliphatic heterocycles. The van der Waals surface area contributed by atoms with Gasteiger partial charge in [-0.3, -0.25) is 0 Å². The molecule has 2 rings (SSSR count). The molecule has 7 heteroatoms. The standard InChI is InChI=1S/C13H20N2O4S/c1-20(18,19)10-9-14-7-4-11(5-8-14)15-6-2-3-12(15)13(16)17/h2-3,6,11H,4-5,7-10H2,1H3,(H,16,17). The van der Waals surface area contributed by atoms with Crippen molar-refractivity contribution < 1.29 is 18.3 Å². The lowest BCUT2D eigenvalue weighted by molar-refractivity contribution is 0.0678. The normalized spacial score (nSPS) is 18.2. The zero-order chi connectivity index (χ0) is 14.8. The number of likely N-dealkylation sites (tertiary alicyclic amines) is 1. The molecule has 1 aromatic rings. The van der Waals surface area contributed by atoms with Crippen LogP contribution in [-0.2, 0) is 9.84 Å². The van der Waals surface area contributed by atoms with Crippen LogP contribution in [0, 0.1) is 0 Å². The molecule has 1 saturated heterocycles. The first-order valence-electron chi connectivity index (χ1n) is 6.67. The summed E-state index contributed by atoms with van der Waals surface area (Å²) in [6, 6.07) is 3.54. The van der Waals surface area contributed by atoms with Crippen molar-refractivity contribution in [1.82, 2.24) is 9.47 Å². The van der Waals surface area contributed by atoms with Crippen molar-refractivity contribution in [1.29, 1.82) is 0 Å². The van der Waals surface area contributed by atoms with E-state index in [0.717, 1.165) is 25.9 Å². The van der Waals surface area contributed by atoms with Gasteiger partial charge in [0.05, 0.1) is 5.75 Å². The molecule has 1 aliphatic rings. The Bertz CT molecular complexity index is 571. The lowest BCUT2D eigenvalue weighted by atomic mass is 10.0. The molecule has 0 radical (unpaired) electrons. The van der Waals surface area contributed by atoms with Crippen molar-refractivity contribution in [3.8, 4) is 0 Å². The predicted octanol–water partition coefficient (Wildman–Crippen LogP) is 0.868. The maximum absolute atomic E-state index is 11.1. The van der Waals surface area contributed by atoms with E-state index in [1.807, 2.05) is 4.57 Å². The number of nitrogens with zero attached hydrogens (tertiary/aromatic N) is 2. The van der Waals surface area contributed by atoms with Gasteiger partial charge in [0.15, 0.2) is 0 Å². The van der Waals surface area contributed by atoms with Crippen molar-refractivity contribution in [2.24, 2.45) is 0 Å².